The summed E-state index contributed by atoms with van der Waals surface area (Å²) >= 11 is 6.72. The number of carbonyl (C=O) groups excluding carboxylic acids is 2. The number of ketones is 2. The number of carbonyl (C=O) groups is 2. The lowest BCUT2D eigenvalue weighted by Gasteiger charge is -2.37. The van der Waals surface area contributed by atoms with Crippen molar-refractivity contribution in [1.29, 1.82) is 5.41 Å². The van der Waals surface area contributed by atoms with Gasteiger partial charge in [0.15, 0.2) is 17.1 Å². The first-order chi connectivity index (χ1) is 34.8. The molecule has 1 saturated carbocycles. The molecule has 2 aromatic carbocycles. The molecule has 0 amide bonds. The lowest BCUT2D eigenvalue weighted by molar-refractivity contribution is -0.132. The number of aromatic nitrogens is 3. The van der Waals surface area contributed by atoms with Crippen LogP contribution >= 0.6 is 11.6 Å². The number of hydrogen-bond acceptors (Lipinski definition) is 10. The highest BCUT2D eigenvalue weighted by Gasteiger charge is 2.46. The molecule has 1 fully saturated rings. The number of rotatable bonds is 20. The number of nitrogens with one attached hydrogen (secondary N) is 3. The molecule has 3 atom stereocenters. The van der Waals surface area contributed by atoms with Gasteiger partial charge in [0.25, 0.3) is 5.56 Å². The van der Waals surface area contributed by atoms with Crippen LogP contribution in [0.15, 0.2) is 41.2 Å². The average Bonchev–Trinajstić information content (AvgIpc) is 3.29. The Morgan fingerprint density at radius 1 is 0.933 bits per heavy atom. The fourth-order valence-electron chi connectivity index (χ4n) is 8.84. The second-order valence-corrected chi connectivity index (χ2v) is 22.1. The van der Waals surface area contributed by atoms with E-state index in [1.54, 1.807) is 26.0 Å². The van der Waals surface area contributed by atoms with Gasteiger partial charge in [0, 0.05) is 36.1 Å². The number of ether oxygens (including phenoxy) is 1. The quantitative estimate of drug-likeness (QED) is 0.0222. The van der Waals surface area contributed by atoms with Crippen molar-refractivity contribution in [1.82, 2.24) is 20.0 Å². The molecule has 417 valence electrons. The van der Waals surface area contributed by atoms with Crippen LogP contribution in [0.1, 0.15) is 182 Å². The summed E-state index contributed by atoms with van der Waals surface area (Å²) in [5.41, 5.74) is 0.798. The summed E-state index contributed by atoms with van der Waals surface area (Å²) in [6.07, 6.45) is 2.22. The summed E-state index contributed by atoms with van der Waals surface area (Å²) in [6.45, 7) is 31.5. The zero-order valence-corrected chi connectivity index (χ0v) is 48.2. The van der Waals surface area contributed by atoms with E-state index in [4.69, 9.17) is 32.6 Å². The third kappa shape index (κ3) is 19.7. The molecular formula is C57H85BClF5N7O4. The number of pyridine rings is 1. The molecule has 18 heteroatoms. The monoisotopic (exact) mass is 1070 g/mol. The molecule has 75 heavy (non-hydrogen) atoms. The highest BCUT2D eigenvalue weighted by atomic mass is 35.5. The van der Waals surface area contributed by atoms with E-state index in [-0.39, 0.29) is 86.3 Å². The molecule has 0 spiro atoms. The first-order valence-corrected chi connectivity index (χ1v) is 26.7. The van der Waals surface area contributed by atoms with Gasteiger partial charge in [0.05, 0.1) is 51.3 Å². The van der Waals surface area contributed by atoms with Crippen LogP contribution in [0.3, 0.4) is 0 Å². The van der Waals surface area contributed by atoms with Gasteiger partial charge in [-0.15, -0.1) is 0 Å². The molecule has 0 saturated heterocycles. The van der Waals surface area contributed by atoms with Gasteiger partial charge >= 0.3 is 0 Å². The highest BCUT2D eigenvalue weighted by molar-refractivity contribution is 6.35. The van der Waals surface area contributed by atoms with Gasteiger partial charge in [-0.05, 0) is 147 Å². The van der Waals surface area contributed by atoms with Crippen LogP contribution in [0.2, 0.25) is 18.7 Å². The van der Waals surface area contributed by atoms with Crippen LogP contribution in [-0.2, 0) is 26.4 Å². The number of halogens is 6. The zero-order valence-electron chi connectivity index (χ0n) is 47.4. The van der Waals surface area contributed by atoms with Crippen molar-refractivity contribution in [3.63, 3.8) is 0 Å². The van der Waals surface area contributed by atoms with Crippen molar-refractivity contribution in [3.05, 3.63) is 91.6 Å². The van der Waals surface area contributed by atoms with Gasteiger partial charge in [-0.25, -0.2) is 31.9 Å². The van der Waals surface area contributed by atoms with Gasteiger partial charge in [-0.3, -0.25) is 30.2 Å². The SMILES string of the molecule is CC(=O)CNN.CCC(C)CC(C)(C)OC(C)(C)CC.CCCC(=N)c1c(Cl)ccc(-n2c(C(Cc3cc(F)cc(F)c3)C(C)C)nc3nc(C4(F)CCC(F)(F)CC4)cc(C)c3c2=O)c1N[C@H](C)C(C)=O.C[B]C. The number of fused-ring (bicyclic) bond motifs is 1. The van der Waals surface area contributed by atoms with Crippen molar-refractivity contribution in [2.75, 3.05) is 11.9 Å². The van der Waals surface area contributed by atoms with Crippen LogP contribution < -0.4 is 22.1 Å². The molecule has 1 radical (unpaired) electrons. The summed E-state index contributed by atoms with van der Waals surface area (Å²) in [5.74, 6) is -0.0711. The van der Waals surface area contributed by atoms with E-state index < -0.39 is 66.4 Å². The number of Topliss-reactive ketones (excluding diaryl/α,β-unsaturated/α-hetero) is 2. The summed E-state index contributed by atoms with van der Waals surface area (Å²) < 4.78 is 80.9. The molecule has 11 nitrogen and oxygen atoms in total. The molecule has 5 rings (SSSR count). The number of benzene rings is 2. The second kappa shape index (κ2) is 29.2. The Morgan fingerprint density at radius 3 is 1.97 bits per heavy atom. The van der Waals surface area contributed by atoms with E-state index in [0.717, 1.165) is 24.8 Å². The molecule has 5 N–H and O–H groups in total. The standard InChI is InChI=1S/C39H43ClF5N5O2.C13H28O.C3H8N2O.C2H6B/c1-7-8-29(46)33-28(40)9-10-30(34(33)47-22(5)23(6)51)50-36(27(20(2)3)18-24-16-25(41)19-26(42)17-24)49-35-32(37(50)52)21(4)15-31(48-35)38(43)11-13-39(44,45)14-12-38;1-8-11(3)10-13(6,7)14-12(4,5)9-2;1-3(6)2-5-4;1-3-2/h9-10,15-17,19-20,22,27,46-47H,7-8,11-14,18H2,1-6H3;11H,8-10H2,1-7H3;5H,2,4H2,1H3;1-2H3/t22-,27?;;;/m1.../s1. The molecule has 1 aliphatic carbocycles. The van der Waals surface area contributed by atoms with E-state index in [2.05, 4.69) is 64.2 Å². The van der Waals surface area contributed by atoms with Crippen LogP contribution in [0.4, 0.5) is 27.6 Å². The van der Waals surface area contributed by atoms with Gasteiger partial charge in [-0.2, -0.15) is 0 Å². The van der Waals surface area contributed by atoms with Crippen LogP contribution in [0, 0.1) is 35.8 Å². The Balaban J connectivity index is 0.000000696. The van der Waals surface area contributed by atoms with Crippen molar-refractivity contribution < 1.29 is 36.3 Å². The highest BCUT2D eigenvalue weighted by Crippen LogP contribution is 2.46. The number of anilines is 1. The number of nitrogens with two attached hydrogens (primary N) is 1. The van der Waals surface area contributed by atoms with E-state index in [1.165, 1.54) is 43.0 Å². The molecule has 1 aliphatic rings. The lowest BCUT2D eigenvalue weighted by Crippen LogP contribution is -2.37. The van der Waals surface area contributed by atoms with Crippen LogP contribution in [0.5, 0.6) is 0 Å². The maximum atomic E-state index is 16.4. The fraction of sp³-hybridized carbons (Fsp3) is 0.614. The van der Waals surface area contributed by atoms with Crippen LogP contribution in [-0.4, -0.2) is 68.8 Å². The Bertz CT molecular complexity index is 2580. The fourth-order valence-corrected chi connectivity index (χ4v) is 9.11. The molecule has 0 aliphatic heterocycles. The van der Waals surface area contributed by atoms with E-state index in [1.807, 2.05) is 41.7 Å². The predicted molar refractivity (Wildman–Crippen MR) is 298 cm³/mol. The van der Waals surface area contributed by atoms with Gasteiger partial charge in [0.1, 0.15) is 30.5 Å². The molecule has 2 heterocycles. The second-order valence-electron chi connectivity index (χ2n) is 21.7. The minimum absolute atomic E-state index is 0.00887. The minimum atomic E-state index is -2.99. The predicted octanol–water partition coefficient (Wildman–Crippen LogP) is 14.2. The van der Waals surface area contributed by atoms with Crippen molar-refractivity contribution in [3.8, 4) is 5.69 Å². The van der Waals surface area contributed by atoms with Crippen molar-refractivity contribution in [2.24, 2.45) is 17.7 Å². The third-order valence-corrected chi connectivity index (χ3v) is 13.6. The number of hydrazine groups is 1. The van der Waals surface area contributed by atoms with Gasteiger partial charge in [-0.1, -0.05) is 79.6 Å². The van der Waals surface area contributed by atoms with Crippen LogP contribution in [0.25, 0.3) is 16.7 Å². The minimum Gasteiger partial charge on any atom is -0.373 e. The molecule has 4 aromatic rings. The van der Waals surface area contributed by atoms with E-state index in [0.29, 0.717) is 29.5 Å². The maximum Gasteiger partial charge on any atom is 0.267 e. The van der Waals surface area contributed by atoms with E-state index >= 15 is 4.39 Å². The Morgan fingerprint density at radius 2 is 1.51 bits per heavy atom. The summed E-state index contributed by atoms with van der Waals surface area (Å²) in [5, 5.41) is 12.4. The van der Waals surface area contributed by atoms with Crippen molar-refractivity contribution in [2.45, 2.75) is 210 Å². The number of nitrogens with zero attached hydrogens (tertiary/aromatic N) is 3. The Hall–Kier alpha value is -4.58. The van der Waals surface area contributed by atoms with Gasteiger partial charge < -0.3 is 15.5 Å². The lowest BCUT2D eigenvalue weighted by atomic mass is 9.81. The summed E-state index contributed by atoms with van der Waals surface area (Å²) in [6, 6.07) is 6.92. The first kappa shape index (κ1) is 66.5. The molecule has 2 unspecified atom stereocenters. The number of aryl methyl sites for hydroxylation is 1. The van der Waals surface area contributed by atoms with Crippen molar-refractivity contribution >= 4 is 52.9 Å². The first-order valence-electron chi connectivity index (χ1n) is 26.3. The largest absolute Gasteiger partial charge is 0.373 e. The molecule has 0 bridgehead atoms. The molecule has 2 aromatic heterocycles. The summed E-state index contributed by atoms with van der Waals surface area (Å²) in [4.78, 5) is 46.8. The average molecular weight is 1070 g/mol. The van der Waals surface area contributed by atoms with Gasteiger partial charge in [0.2, 0.25) is 5.92 Å². The third-order valence-electron chi connectivity index (χ3n) is 13.2. The Kier molecular flexibility index (Phi) is 25.9. The molecular weight excluding hydrogens is 988 g/mol. The topological polar surface area (TPSA) is 165 Å². The number of hydrogen-bond donors (Lipinski definition) is 4. The summed E-state index contributed by atoms with van der Waals surface area (Å²) in [7, 11) is 2.00. The Labute approximate surface area is 449 Å². The zero-order chi connectivity index (χ0) is 57.4. The van der Waals surface area contributed by atoms with E-state index in [9.17, 15) is 31.9 Å². The number of alkyl halides is 3. The normalized spacial score (nSPS) is 15.3. The smallest absolute Gasteiger partial charge is 0.267 e. The maximum absolute atomic E-state index is 16.4.